The lowest BCUT2D eigenvalue weighted by atomic mass is 10.00. The predicted molar refractivity (Wildman–Crippen MR) is 78.8 cm³/mol. The molecule has 1 fully saturated rings. The summed E-state index contributed by atoms with van der Waals surface area (Å²) in [4.78, 5) is 0. The van der Waals surface area contributed by atoms with Gasteiger partial charge in [-0.15, -0.1) is 0 Å². The van der Waals surface area contributed by atoms with Crippen LogP contribution >= 0.6 is 0 Å². The minimum atomic E-state index is 0.614. The maximum atomic E-state index is 3.63. The maximum absolute atomic E-state index is 3.63. The molecule has 1 N–H and O–H groups in total. The van der Waals surface area contributed by atoms with Crippen molar-refractivity contribution in [2.75, 3.05) is 0 Å². The molecule has 100 valence electrons. The molecular formula is C17H27N. The number of nitrogens with one attached hydrogen (secondary N) is 1. The molecule has 1 heteroatoms. The Bertz CT molecular complexity index is 350. The molecule has 1 aliphatic rings. The number of rotatable bonds is 7. The minimum Gasteiger partial charge on any atom is -0.310 e. The molecule has 0 aromatic heterocycles. The van der Waals surface area contributed by atoms with Crippen LogP contribution in [0.2, 0.25) is 0 Å². The second-order valence-corrected chi connectivity index (χ2v) is 6.05. The van der Waals surface area contributed by atoms with E-state index in [0.717, 1.165) is 18.4 Å². The number of benzene rings is 1. The Morgan fingerprint density at radius 1 is 1.17 bits per heavy atom. The van der Waals surface area contributed by atoms with Gasteiger partial charge >= 0.3 is 0 Å². The van der Waals surface area contributed by atoms with Crippen molar-refractivity contribution >= 4 is 0 Å². The van der Waals surface area contributed by atoms with E-state index in [1.165, 1.54) is 36.8 Å². The van der Waals surface area contributed by atoms with Crippen LogP contribution in [0.5, 0.6) is 0 Å². The van der Waals surface area contributed by atoms with E-state index in [1.807, 2.05) is 0 Å². The Hall–Kier alpha value is -0.820. The lowest BCUT2D eigenvalue weighted by Gasteiger charge is -2.17. The molecule has 0 saturated heterocycles. The van der Waals surface area contributed by atoms with Crippen molar-refractivity contribution in [1.29, 1.82) is 0 Å². The molecule has 1 saturated carbocycles. The highest BCUT2D eigenvalue weighted by Crippen LogP contribution is 2.39. The normalized spacial score (nSPS) is 18.6. The zero-order valence-corrected chi connectivity index (χ0v) is 12.1. The molecule has 0 heterocycles. The minimum absolute atomic E-state index is 0.614. The first-order valence-corrected chi connectivity index (χ1v) is 7.51. The van der Waals surface area contributed by atoms with Crippen LogP contribution in [0, 0.1) is 5.92 Å². The van der Waals surface area contributed by atoms with Gasteiger partial charge in [0, 0.05) is 12.6 Å². The zero-order valence-electron chi connectivity index (χ0n) is 12.1. The lowest BCUT2D eigenvalue weighted by Crippen LogP contribution is -2.27. The Morgan fingerprint density at radius 2 is 1.83 bits per heavy atom. The molecule has 0 aliphatic heterocycles. The molecule has 0 radical (unpaired) electrons. The zero-order chi connectivity index (χ0) is 13.0. The van der Waals surface area contributed by atoms with Crippen LogP contribution in [0.4, 0.5) is 0 Å². The fraction of sp³-hybridized carbons (Fsp3) is 0.647. The summed E-state index contributed by atoms with van der Waals surface area (Å²) in [5, 5.41) is 3.63. The Morgan fingerprint density at radius 3 is 2.39 bits per heavy atom. The van der Waals surface area contributed by atoms with Crippen LogP contribution in [0.1, 0.15) is 63.5 Å². The van der Waals surface area contributed by atoms with E-state index >= 15 is 0 Å². The fourth-order valence-electron chi connectivity index (χ4n) is 2.47. The molecule has 2 atom stereocenters. The van der Waals surface area contributed by atoms with Crippen LogP contribution in [-0.4, -0.2) is 6.04 Å². The summed E-state index contributed by atoms with van der Waals surface area (Å²) in [5.74, 6) is 1.70. The summed E-state index contributed by atoms with van der Waals surface area (Å²) in [7, 11) is 0. The van der Waals surface area contributed by atoms with Crippen molar-refractivity contribution in [1.82, 2.24) is 5.32 Å². The van der Waals surface area contributed by atoms with E-state index in [1.54, 1.807) is 0 Å². The molecule has 0 bridgehead atoms. The highest BCUT2D eigenvalue weighted by atomic mass is 14.9. The smallest absolute Gasteiger partial charge is 0.0207 e. The maximum Gasteiger partial charge on any atom is 0.0207 e. The van der Waals surface area contributed by atoms with Crippen LogP contribution in [0.3, 0.4) is 0 Å². The third kappa shape index (κ3) is 4.13. The van der Waals surface area contributed by atoms with Gasteiger partial charge in [-0.2, -0.15) is 0 Å². The van der Waals surface area contributed by atoms with Crippen molar-refractivity contribution in [3.05, 3.63) is 35.4 Å². The van der Waals surface area contributed by atoms with Gasteiger partial charge in [0.05, 0.1) is 0 Å². The molecule has 1 nitrogen and oxygen atoms in total. The van der Waals surface area contributed by atoms with Gasteiger partial charge in [0.1, 0.15) is 0 Å². The van der Waals surface area contributed by atoms with Gasteiger partial charge < -0.3 is 5.32 Å². The molecule has 18 heavy (non-hydrogen) atoms. The van der Waals surface area contributed by atoms with E-state index in [9.17, 15) is 0 Å². The van der Waals surface area contributed by atoms with E-state index < -0.39 is 0 Å². The van der Waals surface area contributed by atoms with Crippen LogP contribution in [0.25, 0.3) is 0 Å². The van der Waals surface area contributed by atoms with Crippen LogP contribution in [-0.2, 0) is 6.54 Å². The molecule has 0 amide bonds. The largest absolute Gasteiger partial charge is 0.310 e. The van der Waals surface area contributed by atoms with Gasteiger partial charge in [0.25, 0.3) is 0 Å². The molecule has 1 aliphatic carbocycles. The second kappa shape index (κ2) is 6.38. The average molecular weight is 245 g/mol. The summed E-state index contributed by atoms with van der Waals surface area (Å²) in [5.41, 5.74) is 2.95. The van der Waals surface area contributed by atoms with Crippen molar-refractivity contribution in [3.8, 4) is 0 Å². The van der Waals surface area contributed by atoms with Gasteiger partial charge in [-0.05, 0) is 49.1 Å². The molecule has 0 spiro atoms. The molecule has 1 aromatic carbocycles. The summed E-state index contributed by atoms with van der Waals surface area (Å²) in [6.45, 7) is 7.91. The topological polar surface area (TPSA) is 12.0 Å². The van der Waals surface area contributed by atoms with Crippen molar-refractivity contribution in [2.24, 2.45) is 5.92 Å². The SMILES string of the molecule is CCC(C)CC(C)NCc1ccc(C2CC2)cc1. The van der Waals surface area contributed by atoms with Gasteiger partial charge in [0.2, 0.25) is 0 Å². The second-order valence-electron chi connectivity index (χ2n) is 6.05. The first-order chi connectivity index (χ1) is 8.69. The third-order valence-electron chi connectivity index (χ3n) is 4.14. The third-order valence-corrected chi connectivity index (χ3v) is 4.14. The van der Waals surface area contributed by atoms with Gasteiger partial charge in [-0.3, -0.25) is 0 Å². The van der Waals surface area contributed by atoms with Crippen LogP contribution < -0.4 is 5.32 Å². The summed E-state index contributed by atoms with van der Waals surface area (Å²) < 4.78 is 0. The monoisotopic (exact) mass is 245 g/mol. The Labute approximate surface area is 112 Å². The number of hydrogen-bond acceptors (Lipinski definition) is 1. The number of hydrogen-bond donors (Lipinski definition) is 1. The van der Waals surface area contributed by atoms with E-state index in [4.69, 9.17) is 0 Å². The van der Waals surface area contributed by atoms with Crippen LogP contribution in [0.15, 0.2) is 24.3 Å². The van der Waals surface area contributed by atoms with Crippen molar-refractivity contribution in [2.45, 2.75) is 65.0 Å². The fourth-order valence-corrected chi connectivity index (χ4v) is 2.47. The molecule has 2 rings (SSSR count). The summed E-state index contributed by atoms with van der Waals surface area (Å²) in [6.07, 6.45) is 5.34. The summed E-state index contributed by atoms with van der Waals surface area (Å²) in [6, 6.07) is 9.82. The quantitative estimate of drug-likeness (QED) is 0.747. The van der Waals surface area contributed by atoms with Crippen molar-refractivity contribution in [3.63, 3.8) is 0 Å². The van der Waals surface area contributed by atoms with Crippen molar-refractivity contribution < 1.29 is 0 Å². The highest BCUT2D eigenvalue weighted by Gasteiger charge is 2.22. The first-order valence-electron chi connectivity index (χ1n) is 7.51. The van der Waals surface area contributed by atoms with E-state index in [-0.39, 0.29) is 0 Å². The molecular weight excluding hydrogens is 218 g/mol. The van der Waals surface area contributed by atoms with Gasteiger partial charge in [0.15, 0.2) is 0 Å². The standard InChI is InChI=1S/C17H27N/c1-4-13(2)11-14(3)18-12-15-5-7-16(8-6-15)17-9-10-17/h5-8,13-14,17-18H,4,9-12H2,1-3H3. The van der Waals surface area contributed by atoms with Gasteiger partial charge in [-0.1, -0.05) is 44.5 Å². The lowest BCUT2D eigenvalue weighted by molar-refractivity contribution is 0.412. The Kier molecular flexibility index (Phi) is 4.82. The van der Waals surface area contributed by atoms with Gasteiger partial charge in [-0.25, -0.2) is 0 Å². The predicted octanol–water partition coefficient (Wildman–Crippen LogP) is 4.48. The van der Waals surface area contributed by atoms with E-state index in [2.05, 4.69) is 50.4 Å². The summed E-state index contributed by atoms with van der Waals surface area (Å²) >= 11 is 0. The highest BCUT2D eigenvalue weighted by molar-refractivity contribution is 5.27. The Balaban J connectivity index is 1.75. The average Bonchev–Trinajstić information content (AvgIpc) is 3.21. The van der Waals surface area contributed by atoms with E-state index in [0.29, 0.717) is 6.04 Å². The molecule has 1 aromatic rings. The first kappa shape index (κ1) is 13.6. The molecule has 2 unspecified atom stereocenters.